The molecule has 0 unspecified atom stereocenters. The number of rotatable bonds is 4. The number of sulfonamides is 1. The third kappa shape index (κ3) is 3.51. The van der Waals surface area contributed by atoms with Crippen molar-refractivity contribution in [2.45, 2.75) is 25.8 Å². The van der Waals surface area contributed by atoms with Gasteiger partial charge in [-0.25, -0.2) is 13.6 Å². The maximum Gasteiger partial charge on any atom is 0.210 e. The standard InChI is InChI=1S/C7H16N2O2S/c1-6-4-7(5-6)9-2-3-12(8,10)11/h6-7,9H,2-5H2,1H3,(H2,8,10,11). The number of primary sulfonamides is 1. The van der Waals surface area contributed by atoms with E-state index in [0.717, 1.165) is 18.8 Å². The lowest BCUT2D eigenvalue weighted by atomic mass is 9.82. The van der Waals surface area contributed by atoms with Crippen LogP contribution >= 0.6 is 0 Å². The number of hydrogen-bond acceptors (Lipinski definition) is 3. The van der Waals surface area contributed by atoms with Crippen LogP contribution in [0.5, 0.6) is 0 Å². The molecule has 0 aromatic rings. The van der Waals surface area contributed by atoms with E-state index >= 15 is 0 Å². The average Bonchev–Trinajstić information content (AvgIpc) is 1.81. The first kappa shape index (κ1) is 9.95. The van der Waals surface area contributed by atoms with Gasteiger partial charge in [0.15, 0.2) is 0 Å². The summed E-state index contributed by atoms with van der Waals surface area (Å²) < 4.78 is 21.0. The van der Waals surface area contributed by atoms with Gasteiger partial charge in [-0.05, 0) is 18.8 Å². The van der Waals surface area contributed by atoms with Gasteiger partial charge in [0.05, 0.1) is 5.75 Å². The Labute approximate surface area is 73.6 Å². The third-order valence-electron chi connectivity index (χ3n) is 2.19. The monoisotopic (exact) mass is 192 g/mol. The summed E-state index contributed by atoms with van der Waals surface area (Å²) in [6.07, 6.45) is 2.31. The van der Waals surface area contributed by atoms with Crippen LogP contribution in [-0.2, 0) is 10.0 Å². The van der Waals surface area contributed by atoms with Crippen molar-refractivity contribution < 1.29 is 8.42 Å². The topological polar surface area (TPSA) is 72.2 Å². The van der Waals surface area contributed by atoms with Crippen molar-refractivity contribution in [1.29, 1.82) is 0 Å². The maximum atomic E-state index is 10.5. The van der Waals surface area contributed by atoms with E-state index < -0.39 is 10.0 Å². The van der Waals surface area contributed by atoms with Crippen molar-refractivity contribution in [2.24, 2.45) is 11.1 Å². The average molecular weight is 192 g/mol. The van der Waals surface area contributed by atoms with E-state index in [9.17, 15) is 8.42 Å². The van der Waals surface area contributed by atoms with Gasteiger partial charge in [-0.2, -0.15) is 0 Å². The first-order valence-electron chi connectivity index (χ1n) is 4.21. The minimum absolute atomic E-state index is 0.0396. The maximum absolute atomic E-state index is 10.5. The molecule has 0 atom stereocenters. The van der Waals surface area contributed by atoms with Gasteiger partial charge in [0.1, 0.15) is 0 Å². The van der Waals surface area contributed by atoms with Gasteiger partial charge in [-0.15, -0.1) is 0 Å². The Morgan fingerprint density at radius 3 is 2.50 bits per heavy atom. The molecule has 0 aromatic heterocycles. The Hall–Kier alpha value is -0.130. The van der Waals surface area contributed by atoms with Crippen LogP contribution in [0, 0.1) is 5.92 Å². The van der Waals surface area contributed by atoms with Gasteiger partial charge < -0.3 is 5.32 Å². The predicted octanol–water partition coefficient (Wildman–Crippen LogP) is -0.337. The van der Waals surface area contributed by atoms with Crippen molar-refractivity contribution in [3.63, 3.8) is 0 Å². The Morgan fingerprint density at radius 1 is 1.50 bits per heavy atom. The Morgan fingerprint density at radius 2 is 2.08 bits per heavy atom. The van der Waals surface area contributed by atoms with Crippen molar-refractivity contribution >= 4 is 10.0 Å². The molecule has 1 rings (SSSR count). The lowest BCUT2D eigenvalue weighted by molar-refractivity contribution is 0.245. The van der Waals surface area contributed by atoms with E-state index in [4.69, 9.17) is 5.14 Å². The smallest absolute Gasteiger partial charge is 0.210 e. The SMILES string of the molecule is CC1CC(NCCS(N)(=O)=O)C1. The second-order valence-corrected chi connectivity index (χ2v) is 5.33. The van der Waals surface area contributed by atoms with Crippen LogP contribution in [0.25, 0.3) is 0 Å². The number of nitrogens with two attached hydrogens (primary N) is 1. The minimum Gasteiger partial charge on any atom is -0.313 e. The third-order valence-corrected chi connectivity index (χ3v) is 2.97. The molecule has 1 fully saturated rings. The second-order valence-electron chi connectivity index (χ2n) is 3.59. The minimum atomic E-state index is -3.28. The molecule has 0 aromatic carbocycles. The van der Waals surface area contributed by atoms with E-state index in [1.165, 1.54) is 0 Å². The molecule has 1 aliphatic rings. The number of hydrogen-bond donors (Lipinski definition) is 2. The quantitative estimate of drug-likeness (QED) is 0.640. The molecule has 0 saturated heterocycles. The summed E-state index contributed by atoms with van der Waals surface area (Å²) in [4.78, 5) is 0. The molecule has 0 spiro atoms. The van der Waals surface area contributed by atoms with Gasteiger partial charge >= 0.3 is 0 Å². The Bertz CT molecular complexity index is 232. The summed E-state index contributed by atoms with van der Waals surface area (Å²) in [5, 5.41) is 7.99. The molecular weight excluding hydrogens is 176 g/mol. The molecule has 5 heteroatoms. The van der Waals surface area contributed by atoms with Crippen LogP contribution in [0.4, 0.5) is 0 Å². The van der Waals surface area contributed by atoms with Crippen LogP contribution in [0.15, 0.2) is 0 Å². The zero-order chi connectivity index (χ0) is 9.19. The molecule has 0 radical (unpaired) electrons. The van der Waals surface area contributed by atoms with Gasteiger partial charge in [0.25, 0.3) is 0 Å². The van der Waals surface area contributed by atoms with E-state index in [2.05, 4.69) is 12.2 Å². The summed E-state index contributed by atoms with van der Waals surface area (Å²) in [7, 11) is -3.28. The van der Waals surface area contributed by atoms with E-state index in [1.807, 2.05) is 0 Å². The molecule has 1 aliphatic carbocycles. The highest BCUT2D eigenvalue weighted by Gasteiger charge is 2.24. The van der Waals surface area contributed by atoms with Crippen LogP contribution in [0.1, 0.15) is 19.8 Å². The Balaban J connectivity index is 2.04. The van der Waals surface area contributed by atoms with Crippen LogP contribution < -0.4 is 10.5 Å². The van der Waals surface area contributed by atoms with Crippen LogP contribution in [0.3, 0.4) is 0 Å². The molecule has 0 bridgehead atoms. The first-order chi connectivity index (χ1) is 5.47. The lowest BCUT2D eigenvalue weighted by Gasteiger charge is -2.33. The van der Waals surface area contributed by atoms with Gasteiger partial charge in [0.2, 0.25) is 10.0 Å². The number of nitrogens with one attached hydrogen (secondary N) is 1. The van der Waals surface area contributed by atoms with Gasteiger partial charge in [-0.3, -0.25) is 0 Å². The van der Waals surface area contributed by atoms with Crippen LogP contribution in [-0.4, -0.2) is 26.8 Å². The summed E-state index contributed by atoms with van der Waals surface area (Å²) in [5.41, 5.74) is 0. The Kier molecular flexibility index (Phi) is 3.09. The summed E-state index contributed by atoms with van der Waals surface area (Å²) in [6.45, 7) is 2.67. The normalized spacial score (nSPS) is 29.8. The van der Waals surface area contributed by atoms with Gasteiger partial charge in [-0.1, -0.05) is 6.92 Å². The fourth-order valence-electron chi connectivity index (χ4n) is 1.47. The second kappa shape index (κ2) is 3.72. The molecule has 1 saturated carbocycles. The van der Waals surface area contributed by atoms with E-state index in [0.29, 0.717) is 12.6 Å². The van der Waals surface area contributed by atoms with Crippen molar-refractivity contribution in [3.8, 4) is 0 Å². The van der Waals surface area contributed by atoms with E-state index in [1.54, 1.807) is 0 Å². The first-order valence-corrected chi connectivity index (χ1v) is 5.93. The largest absolute Gasteiger partial charge is 0.313 e. The molecule has 0 amide bonds. The van der Waals surface area contributed by atoms with Crippen molar-refractivity contribution in [1.82, 2.24) is 5.32 Å². The molecule has 4 nitrogen and oxygen atoms in total. The molecule has 12 heavy (non-hydrogen) atoms. The predicted molar refractivity (Wildman–Crippen MR) is 48.2 cm³/mol. The van der Waals surface area contributed by atoms with Crippen LogP contribution in [0.2, 0.25) is 0 Å². The molecule has 3 N–H and O–H groups in total. The fraction of sp³-hybridized carbons (Fsp3) is 1.00. The summed E-state index contributed by atoms with van der Waals surface area (Å²) in [5.74, 6) is 0.828. The molecule has 0 heterocycles. The summed E-state index contributed by atoms with van der Waals surface area (Å²) in [6, 6.07) is 0.516. The highest BCUT2D eigenvalue weighted by Crippen LogP contribution is 2.25. The highest BCUT2D eigenvalue weighted by molar-refractivity contribution is 7.89. The fourth-order valence-corrected chi connectivity index (χ4v) is 1.88. The zero-order valence-corrected chi connectivity index (χ0v) is 8.10. The van der Waals surface area contributed by atoms with Crippen molar-refractivity contribution in [3.05, 3.63) is 0 Å². The lowest BCUT2D eigenvalue weighted by Crippen LogP contribution is -2.42. The molecule has 72 valence electrons. The van der Waals surface area contributed by atoms with Gasteiger partial charge in [0, 0.05) is 12.6 Å². The summed E-state index contributed by atoms with van der Waals surface area (Å²) >= 11 is 0. The zero-order valence-electron chi connectivity index (χ0n) is 7.29. The molecule has 0 aliphatic heterocycles. The van der Waals surface area contributed by atoms with E-state index in [-0.39, 0.29) is 5.75 Å². The van der Waals surface area contributed by atoms with Crippen molar-refractivity contribution in [2.75, 3.05) is 12.3 Å². The highest BCUT2D eigenvalue weighted by atomic mass is 32.2. The molecular formula is C7H16N2O2S.